The van der Waals surface area contributed by atoms with Gasteiger partial charge in [0.2, 0.25) is 0 Å². The predicted molar refractivity (Wildman–Crippen MR) is 72.4 cm³/mol. The van der Waals surface area contributed by atoms with E-state index in [-0.39, 0.29) is 0 Å². The number of benzene rings is 2. The van der Waals surface area contributed by atoms with Gasteiger partial charge in [-0.1, -0.05) is 30.8 Å². The van der Waals surface area contributed by atoms with Crippen LogP contribution in [0, 0.1) is 0 Å². The molecule has 0 aliphatic carbocycles. The Morgan fingerprint density at radius 1 is 1.06 bits per heavy atom. The standard InChI is InChI=1S/C15H12N2O/c1-2-18-14-10-6-3-7-11(14)15-16-12-8-4-5-9-13(12)17-15/h2-10H,1H2,(H,16,17). The monoisotopic (exact) mass is 236 g/mol. The summed E-state index contributed by atoms with van der Waals surface area (Å²) in [5, 5.41) is 0. The van der Waals surface area contributed by atoms with Crippen molar-refractivity contribution in [1.29, 1.82) is 0 Å². The number of H-pyrrole nitrogens is 1. The third kappa shape index (κ3) is 1.76. The lowest BCUT2D eigenvalue weighted by Gasteiger charge is -2.04. The highest BCUT2D eigenvalue weighted by Gasteiger charge is 2.09. The van der Waals surface area contributed by atoms with Crippen LogP contribution in [0.15, 0.2) is 61.4 Å². The van der Waals surface area contributed by atoms with Gasteiger partial charge in [-0.25, -0.2) is 4.98 Å². The number of fused-ring (bicyclic) bond motifs is 1. The third-order valence-corrected chi connectivity index (χ3v) is 2.74. The van der Waals surface area contributed by atoms with Crippen molar-refractivity contribution in [2.45, 2.75) is 0 Å². The van der Waals surface area contributed by atoms with Gasteiger partial charge in [0.15, 0.2) is 0 Å². The molecule has 3 nitrogen and oxygen atoms in total. The van der Waals surface area contributed by atoms with Crippen molar-refractivity contribution in [3.05, 3.63) is 61.4 Å². The van der Waals surface area contributed by atoms with E-state index in [0.29, 0.717) is 0 Å². The topological polar surface area (TPSA) is 37.9 Å². The van der Waals surface area contributed by atoms with E-state index in [0.717, 1.165) is 28.2 Å². The molecular weight excluding hydrogens is 224 g/mol. The molecule has 3 aromatic rings. The first-order valence-corrected chi connectivity index (χ1v) is 5.70. The first-order valence-electron chi connectivity index (χ1n) is 5.70. The Morgan fingerprint density at radius 3 is 2.67 bits per heavy atom. The van der Waals surface area contributed by atoms with E-state index in [9.17, 15) is 0 Å². The van der Waals surface area contributed by atoms with Gasteiger partial charge in [-0.2, -0.15) is 0 Å². The fourth-order valence-electron chi connectivity index (χ4n) is 1.94. The Kier molecular flexibility index (Phi) is 2.57. The summed E-state index contributed by atoms with van der Waals surface area (Å²) in [5.74, 6) is 1.54. The molecule has 0 unspecified atom stereocenters. The van der Waals surface area contributed by atoms with Crippen LogP contribution in [-0.2, 0) is 0 Å². The number of aromatic nitrogens is 2. The molecule has 1 heterocycles. The molecule has 0 aliphatic heterocycles. The summed E-state index contributed by atoms with van der Waals surface area (Å²) >= 11 is 0. The molecule has 0 radical (unpaired) electrons. The molecule has 0 amide bonds. The number of imidazole rings is 1. The number of ether oxygens (including phenoxy) is 1. The van der Waals surface area contributed by atoms with Gasteiger partial charge in [0, 0.05) is 0 Å². The molecule has 2 aromatic carbocycles. The number of hydrogen-bond acceptors (Lipinski definition) is 2. The van der Waals surface area contributed by atoms with Gasteiger partial charge in [0.1, 0.15) is 11.6 Å². The second kappa shape index (κ2) is 4.37. The van der Waals surface area contributed by atoms with E-state index in [1.165, 1.54) is 6.26 Å². The highest BCUT2D eigenvalue weighted by atomic mass is 16.5. The summed E-state index contributed by atoms with van der Waals surface area (Å²) in [6.07, 6.45) is 1.42. The summed E-state index contributed by atoms with van der Waals surface area (Å²) < 4.78 is 5.39. The van der Waals surface area contributed by atoms with Gasteiger partial charge in [-0.15, -0.1) is 0 Å². The van der Waals surface area contributed by atoms with Gasteiger partial charge in [0.25, 0.3) is 0 Å². The lowest BCUT2D eigenvalue weighted by Crippen LogP contribution is -1.87. The smallest absolute Gasteiger partial charge is 0.142 e. The first kappa shape index (κ1) is 10.6. The molecule has 0 fully saturated rings. The minimum Gasteiger partial charge on any atom is -0.465 e. The Bertz CT molecular complexity index is 667. The van der Waals surface area contributed by atoms with E-state index >= 15 is 0 Å². The maximum absolute atomic E-state index is 5.39. The van der Waals surface area contributed by atoms with E-state index < -0.39 is 0 Å². The number of rotatable bonds is 3. The maximum Gasteiger partial charge on any atom is 0.142 e. The van der Waals surface area contributed by atoms with Crippen molar-refractivity contribution in [3.8, 4) is 17.1 Å². The molecule has 1 aromatic heterocycles. The fraction of sp³-hybridized carbons (Fsp3) is 0. The lowest BCUT2D eigenvalue weighted by atomic mass is 10.2. The maximum atomic E-state index is 5.39. The normalized spacial score (nSPS) is 10.4. The summed E-state index contributed by atoms with van der Waals surface area (Å²) in [6.45, 7) is 3.58. The van der Waals surface area contributed by atoms with Gasteiger partial charge in [-0.05, 0) is 24.3 Å². The quantitative estimate of drug-likeness (QED) is 0.703. The third-order valence-electron chi connectivity index (χ3n) is 2.74. The van der Waals surface area contributed by atoms with Crippen LogP contribution in [0.25, 0.3) is 22.4 Å². The molecule has 0 saturated heterocycles. The molecule has 3 rings (SSSR count). The van der Waals surface area contributed by atoms with Crippen molar-refractivity contribution in [2.24, 2.45) is 0 Å². The Morgan fingerprint density at radius 2 is 1.83 bits per heavy atom. The second-order valence-electron chi connectivity index (χ2n) is 3.88. The SMILES string of the molecule is C=COc1ccccc1-c1nc2ccccc2[nH]1. The average Bonchev–Trinajstić information content (AvgIpc) is 2.83. The van der Waals surface area contributed by atoms with Crippen LogP contribution in [0.2, 0.25) is 0 Å². The van der Waals surface area contributed by atoms with Crippen molar-refractivity contribution < 1.29 is 4.74 Å². The molecule has 0 atom stereocenters. The minimum absolute atomic E-state index is 0.742. The van der Waals surface area contributed by atoms with Gasteiger partial charge in [-0.3, -0.25) is 0 Å². The fourth-order valence-corrected chi connectivity index (χ4v) is 1.94. The van der Waals surface area contributed by atoms with E-state index in [4.69, 9.17) is 4.74 Å². The first-order chi connectivity index (χ1) is 8.88. The van der Waals surface area contributed by atoms with Crippen molar-refractivity contribution in [3.63, 3.8) is 0 Å². The molecule has 3 heteroatoms. The molecule has 18 heavy (non-hydrogen) atoms. The van der Waals surface area contributed by atoms with Crippen LogP contribution in [0.5, 0.6) is 5.75 Å². The molecular formula is C15H12N2O. The summed E-state index contributed by atoms with van der Waals surface area (Å²) in [4.78, 5) is 7.84. The molecule has 0 saturated carbocycles. The van der Waals surface area contributed by atoms with Crippen LogP contribution in [0.4, 0.5) is 0 Å². The largest absolute Gasteiger partial charge is 0.465 e. The van der Waals surface area contributed by atoms with Crippen LogP contribution < -0.4 is 4.74 Å². The number of hydrogen-bond donors (Lipinski definition) is 1. The summed E-state index contributed by atoms with van der Waals surface area (Å²) in [6, 6.07) is 15.7. The number of nitrogens with one attached hydrogen (secondary N) is 1. The number of nitrogens with zero attached hydrogens (tertiary/aromatic N) is 1. The number of para-hydroxylation sites is 3. The molecule has 0 spiro atoms. The molecule has 0 bridgehead atoms. The molecule has 0 aliphatic rings. The Balaban J connectivity index is 2.16. The van der Waals surface area contributed by atoms with E-state index in [2.05, 4.69) is 16.5 Å². The van der Waals surface area contributed by atoms with Crippen LogP contribution in [0.1, 0.15) is 0 Å². The zero-order chi connectivity index (χ0) is 12.4. The minimum atomic E-state index is 0.742. The molecule has 1 N–H and O–H groups in total. The summed E-state index contributed by atoms with van der Waals surface area (Å²) in [7, 11) is 0. The Labute approximate surface area is 105 Å². The van der Waals surface area contributed by atoms with Crippen LogP contribution in [0.3, 0.4) is 0 Å². The lowest BCUT2D eigenvalue weighted by molar-refractivity contribution is 0.485. The summed E-state index contributed by atoms with van der Waals surface area (Å²) in [5.41, 5.74) is 2.88. The van der Waals surface area contributed by atoms with Crippen molar-refractivity contribution >= 4 is 11.0 Å². The van der Waals surface area contributed by atoms with Crippen LogP contribution >= 0.6 is 0 Å². The highest BCUT2D eigenvalue weighted by molar-refractivity contribution is 5.80. The van der Waals surface area contributed by atoms with Crippen molar-refractivity contribution in [2.75, 3.05) is 0 Å². The van der Waals surface area contributed by atoms with E-state index in [1.807, 2.05) is 48.5 Å². The van der Waals surface area contributed by atoms with Gasteiger partial charge >= 0.3 is 0 Å². The zero-order valence-electron chi connectivity index (χ0n) is 9.76. The van der Waals surface area contributed by atoms with Gasteiger partial charge < -0.3 is 9.72 Å². The van der Waals surface area contributed by atoms with Crippen molar-refractivity contribution in [1.82, 2.24) is 9.97 Å². The van der Waals surface area contributed by atoms with Crippen LogP contribution in [-0.4, -0.2) is 9.97 Å². The highest BCUT2D eigenvalue weighted by Crippen LogP contribution is 2.29. The average molecular weight is 236 g/mol. The van der Waals surface area contributed by atoms with E-state index in [1.54, 1.807) is 0 Å². The number of aromatic amines is 1. The zero-order valence-corrected chi connectivity index (χ0v) is 9.76. The Hall–Kier alpha value is -2.55. The molecule has 88 valence electrons. The van der Waals surface area contributed by atoms with Gasteiger partial charge in [0.05, 0.1) is 22.9 Å². The predicted octanol–water partition coefficient (Wildman–Crippen LogP) is 3.75. The second-order valence-corrected chi connectivity index (χ2v) is 3.88.